The predicted octanol–water partition coefficient (Wildman–Crippen LogP) is 3.52. The summed E-state index contributed by atoms with van der Waals surface area (Å²) in [5.74, 6) is 1.40. The van der Waals surface area contributed by atoms with Gasteiger partial charge in [0, 0.05) is 35.4 Å². The van der Waals surface area contributed by atoms with E-state index in [0.29, 0.717) is 34.9 Å². The van der Waals surface area contributed by atoms with Crippen molar-refractivity contribution in [1.82, 2.24) is 25.5 Å². The van der Waals surface area contributed by atoms with Crippen molar-refractivity contribution in [2.45, 2.75) is 62.4 Å². The molecule has 0 amide bonds. The number of halogens is 1. The van der Waals surface area contributed by atoms with Gasteiger partial charge in [-0.15, -0.1) is 10.2 Å². The fraction of sp³-hybridized carbons (Fsp3) is 0.462. The molecule has 3 aliphatic rings. The van der Waals surface area contributed by atoms with Crippen LogP contribution in [0.3, 0.4) is 0 Å². The van der Waals surface area contributed by atoms with Gasteiger partial charge in [0.05, 0.1) is 26.5 Å². The number of piperidine rings is 1. The highest BCUT2D eigenvalue weighted by Gasteiger charge is 2.48. The van der Waals surface area contributed by atoms with Crippen LogP contribution in [0.25, 0.3) is 22.4 Å². The average molecular weight is 493 g/mol. The van der Waals surface area contributed by atoms with Gasteiger partial charge in [-0.25, -0.2) is 14.4 Å². The Morgan fingerprint density at radius 2 is 1.86 bits per heavy atom. The van der Waals surface area contributed by atoms with E-state index in [2.05, 4.69) is 30.4 Å². The van der Waals surface area contributed by atoms with E-state index >= 15 is 4.39 Å². The highest BCUT2D eigenvalue weighted by atomic mass is 19.1. The number of aromatic nitrogens is 4. The van der Waals surface area contributed by atoms with E-state index in [-0.39, 0.29) is 23.9 Å². The van der Waals surface area contributed by atoms with E-state index in [9.17, 15) is 5.11 Å². The van der Waals surface area contributed by atoms with Gasteiger partial charge in [-0.3, -0.25) is 0 Å². The van der Waals surface area contributed by atoms with Crippen molar-refractivity contribution in [3.63, 3.8) is 0 Å². The molecular weight excluding hydrogens is 463 g/mol. The molecular formula is C26H29FN6O3. The molecule has 2 aliphatic heterocycles. The summed E-state index contributed by atoms with van der Waals surface area (Å²) in [7, 11) is 3.08. The molecule has 188 valence electrons. The van der Waals surface area contributed by atoms with E-state index in [1.807, 2.05) is 6.07 Å². The number of phenols is 1. The number of methoxy groups -OCH3 is 2. The average Bonchev–Trinajstić information content (AvgIpc) is 3.66. The maximum Gasteiger partial charge on any atom is 0.256 e. The van der Waals surface area contributed by atoms with Crippen LogP contribution in [0.5, 0.6) is 17.4 Å². The van der Waals surface area contributed by atoms with Crippen LogP contribution >= 0.6 is 0 Å². The molecule has 2 N–H and O–H groups in total. The summed E-state index contributed by atoms with van der Waals surface area (Å²) in [5.41, 5.74) is 2.49. The molecule has 2 bridgehead atoms. The number of ether oxygens (including phenoxy) is 2. The fourth-order valence-corrected chi connectivity index (χ4v) is 5.51. The molecule has 4 heterocycles. The van der Waals surface area contributed by atoms with Crippen molar-refractivity contribution in [3.8, 4) is 39.8 Å². The van der Waals surface area contributed by atoms with Gasteiger partial charge in [0.1, 0.15) is 17.6 Å². The zero-order valence-electron chi connectivity index (χ0n) is 20.3. The first-order valence-electron chi connectivity index (χ1n) is 12.4. The van der Waals surface area contributed by atoms with Gasteiger partial charge >= 0.3 is 0 Å². The molecule has 1 saturated carbocycles. The molecule has 9 nitrogen and oxygen atoms in total. The van der Waals surface area contributed by atoms with Gasteiger partial charge in [-0.2, -0.15) is 0 Å². The second-order valence-electron chi connectivity index (χ2n) is 9.74. The lowest BCUT2D eigenvalue weighted by Gasteiger charge is -2.40. The number of alkyl halides is 1. The standard InChI is InChI=1S/C26H29FN6O3/c1-35-23-10-15(12-28-25(23)36-2)14-3-7-18(22(34)9-14)20-13-29-26(32-31-20)33(17-5-6-17)21-11-16-4-8-19(30-16)24(21)27/h3,7,9-10,12-13,16-17,19,21,24,30,34H,4-6,8,11H2,1-2H3/t16-,19-,21-,24+/m0/s1. The van der Waals surface area contributed by atoms with E-state index < -0.39 is 6.17 Å². The van der Waals surface area contributed by atoms with Crippen molar-refractivity contribution >= 4 is 5.95 Å². The zero-order valence-corrected chi connectivity index (χ0v) is 20.3. The first-order chi connectivity index (χ1) is 17.6. The molecule has 1 aliphatic carbocycles. The van der Waals surface area contributed by atoms with Gasteiger partial charge in [-0.1, -0.05) is 6.07 Å². The van der Waals surface area contributed by atoms with Gasteiger partial charge in [0.15, 0.2) is 5.75 Å². The minimum Gasteiger partial charge on any atom is -0.507 e. The summed E-state index contributed by atoms with van der Waals surface area (Å²) in [6.45, 7) is 0. The van der Waals surface area contributed by atoms with Gasteiger partial charge in [0.25, 0.3) is 5.88 Å². The van der Waals surface area contributed by atoms with Crippen LogP contribution in [0, 0.1) is 0 Å². The van der Waals surface area contributed by atoms with Gasteiger partial charge in [-0.05, 0) is 55.9 Å². The van der Waals surface area contributed by atoms with Gasteiger partial charge < -0.3 is 24.8 Å². The molecule has 3 fully saturated rings. The Morgan fingerprint density at radius 3 is 2.56 bits per heavy atom. The molecule has 1 aromatic carbocycles. The second-order valence-corrected chi connectivity index (χ2v) is 9.74. The molecule has 36 heavy (non-hydrogen) atoms. The molecule has 0 radical (unpaired) electrons. The minimum absolute atomic E-state index is 0.0453. The van der Waals surface area contributed by atoms with Gasteiger partial charge in [0.2, 0.25) is 5.95 Å². The number of hydrogen-bond acceptors (Lipinski definition) is 9. The number of nitrogens with one attached hydrogen (secondary N) is 1. The van der Waals surface area contributed by atoms with Crippen molar-refractivity contribution in [1.29, 1.82) is 0 Å². The highest BCUT2D eigenvalue weighted by molar-refractivity contribution is 5.74. The van der Waals surface area contributed by atoms with Crippen molar-refractivity contribution in [2.24, 2.45) is 0 Å². The lowest BCUT2D eigenvalue weighted by Crippen LogP contribution is -2.57. The first-order valence-corrected chi connectivity index (χ1v) is 12.4. The maximum atomic E-state index is 15.3. The predicted molar refractivity (Wildman–Crippen MR) is 132 cm³/mol. The molecule has 10 heteroatoms. The Labute approximate surface area is 208 Å². The Balaban J connectivity index is 1.25. The van der Waals surface area contributed by atoms with Crippen LogP contribution in [0.1, 0.15) is 32.1 Å². The summed E-state index contributed by atoms with van der Waals surface area (Å²) in [5, 5.41) is 22.9. The Kier molecular flexibility index (Phi) is 5.83. The summed E-state index contributed by atoms with van der Waals surface area (Å²) in [6.07, 6.45) is 7.01. The third kappa shape index (κ3) is 4.09. The zero-order chi connectivity index (χ0) is 24.8. The fourth-order valence-electron chi connectivity index (χ4n) is 5.51. The van der Waals surface area contributed by atoms with Crippen LogP contribution in [-0.2, 0) is 0 Å². The third-order valence-electron chi connectivity index (χ3n) is 7.47. The molecule has 3 aromatic rings. The van der Waals surface area contributed by atoms with Crippen LogP contribution in [0.15, 0.2) is 36.7 Å². The molecule has 0 spiro atoms. The number of anilines is 1. The number of aromatic hydroxyl groups is 1. The lowest BCUT2D eigenvalue weighted by molar-refractivity contribution is 0.171. The maximum absolute atomic E-state index is 15.3. The van der Waals surface area contributed by atoms with E-state index in [1.54, 1.807) is 37.7 Å². The molecule has 2 aromatic heterocycles. The second kappa shape index (κ2) is 9.16. The largest absolute Gasteiger partial charge is 0.507 e. The number of fused-ring (bicyclic) bond motifs is 2. The molecule has 4 atom stereocenters. The number of hydrogen-bond donors (Lipinski definition) is 2. The third-order valence-corrected chi connectivity index (χ3v) is 7.47. The van der Waals surface area contributed by atoms with Crippen molar-refractivity contribution < 1.29 is 19.0 Å². The minimum atomic E-state index is -0.949. The Morgan fingerprint density at radius 1 is 1.00 bits per heavy atom. The smallest absolute Gasteiger partial charge is 0.256 e. The summed E-state index contributed by atoms with van der Waals surface area (Å²) < 4.78 is 25.8. The number of nitrogens with zero attached hydrogens (tertiary/aromatic N) is 5. The normalized spacial score (nSPS) is 25.0. The summed E-state index contributed by atoms with van der Waals surface area (Å²) in [6, 6.07) is 7.38. The van der Waals surface area contributed by atoms with Crippen LogP contribution < -0.4 is 19.7 Å². The Bertz CT molecular complexity index is 1250. The number of phenolic OH excluding ortho intramolecular Hbond substituents is 1. The quantitative estimate of drug-likeness (QED) is 0.512. The SMILES string of the molecule is COc1cc(-c2ccc(-c3cnc(N(C4CC4)[C@H]4C[C@@H]5CC[C@H](N5)[C@H]4F)nn3)c(O)c2)cnc1OC. The van der Waals surface area contributed by atoms with Crippen LogP contribution in [0.4, 0.5) is 10.3 Å². The number of benzene rings is 1. The Hall–Kier alpha value is -3.53. The molecule has 0 unspecified atom stereocenters. The number of pyridine rings is 1. The summed E-state index contributed by atoms with van der Waals surface area (Å²) in [4.78, 5) is 10.9. The monoisotopic (exact) mass is 492 g/mol. The van der Waals surface area contributed by atoms with Crippen LogP contribution in [0.2, 0.25) is 0 Å². The lowest BCUT2D eigenvalue weighted by atomic mass is 9.96. The topological polar surface area (TPSA) is 106 Å². The molecule has 2 saturated heterocycles. The summed E-state index contributed by atoms with van der Waals surface area (Å²) >= 11 is 0. The number of rotatable bonds is 7. The highest BCUT2D eigenvalue weighted by Crippen LogP contribution is 2.40. The van der Waals surface area contributed by atoms with Crippen molar-refractivity contribution in [2.75, 3.05) is 19.1 Å². The van der Waals surface area contributed by atoms with Crippen LogP contribution in [-0.4, -0.2) is 69.8 Å². The van der Waals surface area contributed by atoms with E-state index in [4.69, 9.17) is 9.47 Å². The van der Waals surface area contributed by atoms with E-state index in [1.165, 1.54) is 7.11 Å². The van der Waals surface area contributed by atoms with E-state index in [0.717, 1.165) is 43.2 Å². The molecule has 6 rings (SSSR count). The first kappa shape index (κ1) is 22.9. The van der Waals surface area contributed by atoms with Crippen molar-refractivity contribution in [3.05, 3.63) is 36.7 Å².